The number of esters is 4. The van der Waals surface area contributed by atoms with Crippen LogP contribution in [0.25, 0.3) is 0 Å². The van der Waals surface area contributed by atoms with Gasteiger partial charge in [-0.3, -0.25) is 19.2 Å². The third kappa shape index (κ3) is 25.1. The molecule has 0 spiro atoms. The fraction of sp³-hybridized carbons (Fsp3) is 0.927. The first kappa shape index (κ1) is 55.4. The predicted octanol–water partition coefficient (Wildman–Crippen LogP) is 12.6. The summed E-state index contributed by atoms with van der Waals surface area (Å²) >= 11 is 0. The summed E-state index contributed by atoms with van der Waals surface area (Å²) in [7, 11) is 0. The van der Waals surface area contributed by atoms with Crippen LogP contribution in [-0.2, 0) is 38.1 Å². The van der Waals surface area contributed by atoms with Gasteiger partial charge in [0, 0.05) is 13.2 Å². The van der Waals surface area contributed by atoms with Crippen LogP contribution in [0, 0.1) is 35.5 Å². The van der Waals surface area contributed by atoms with Crippen molar-refractivity contribution in [1.29, 1.82) is 0 Å². The fourth-order valence-electron chi connectivity index (χ4n) is 11.5. The van der Waals surface area contributed by atoms with Gasteiger partial charge in [0.25, 0.3) is 0 Å². The van der Waals surface area contributed by atoms with E-state index in [2.05, 4.69) is 4.90 Å². The SMILES string of the molecule is O=C(OCCCCC1CCCCC1)C(CCCN(CCCO)CCCC(C(=O)OCCCCC1CCCCC1)C(=O)OCCCCC1CCCCC1)C(=O)OCCCCC1CCCCC1. The van der Waals surface area contributed by atoms with Crippen molar-refractivity contribution in [3.05, 3.63) is 0 Å². The summed E-state index contributed by atoms with van der Waals surface area (Å²) in [5, 5.41) is 9.74. The number of hydrogen-bond donors (Lipinski definition) is 1. The summed E-state index contributed by atoms with van der Waals surface area (Å²) in [5.74, 6) is -0.719. The van der Waals surface area contributed by atoms with Crippen molar-refractivity contribution in [1.82, 2.24) is 4.90 Å². The molecule has 4 saturated carbocycles. The van der Waals surface area contributed by atoms with Gasteiger partial charge >= 0.3 is 23.9 Å². The maximum Gasteiger partial charge on any atom is 0.320 e. The molecule has 0 aliphatic heterocycles. The predicted molar refractivity (Wildman–Crippen MR) is 259 cm³/mol. The van der Waals surface area contributed by atoms with E-state index in [0.29, 0.717) is 78.2 Å². The van der Waals surface area contributed by atoms with Crippen molar-refractivity contribution >= 4 is 23.9 Å². The van der Waals surface area contributed by atoms with Gasteiger partial charge in [-0.2, -0.15) is 0 Å². The van der Waals surface area contributed by atoms with Crippen molar-refractivity contribution in [2.45, 2.75) is 238 Å². The molecule has 4 aliphatic carbocycles. The summed E-state index contributed by atoms with van der Waals surface area (Å²) in [6.45, 7) is 3.17. The summed E-state index contributed by atoms with van der Waals surface area (Å²) in [6, 6.07) is 0. The van der Waals surface area contributed by atoms with E-state index < -0.39 is 35.7 Å². The fourth-order valence-corrected chi connectivity index (χ4v) is 11.5. The molecule has 0 unspecified atom stereocenters. The highest BCUT2D eigenvalue weighted by Crippen LogP contribution is 2.31. The molecule has 0 saturated heterocycles. The van der Waals surface area contributed by atoms with Gasteiger partial charge in [-0.25, -0.2) is 0 Å². The van der Waals surface area contributed by atoms with E-state index in [1.54, 1.807) is 0 Å². The van der Waals surface area contributed by atoms with Crippen molar-refractivity contribution in [3.8, 4) is 0 Å². The highest BCUT2D eigenvalue weighted by molar-refractivity contribution is 5.95. The van der Waals surface area contributed by atoms with Gasteiger partial charge in [0.2, 0.25) is 0 Å². The van der Waals surface area contributed by atoms with Gasteiger partial charge in [-0.15, -0.1) is 0 Å². The normalized spacial score (nSPS) is 18.3. The second kappa shape index (κ2) is 35.9. The molecule has 10 nitrogen and oxygen atoms in total. The van der Waals surface area contributed by atoms with E-state index in [4.69, 9.17) is 18.9 Å². The molecule has 376 valence electrons. The van der Waals surface area contributed by atoms with Gasteiger partial charge in [-0.05, 0) is 120 Å². The van der Waals surface area contributed by atoms with Crippen LogP contribution < -0.4 is 0 Å². The molecule has 1 N–H and O–H groups in total. The highest BCUT2D eigenvalue weighted by atomic mass is 16.6. The van der Waals surface area contributed by atoms with Crippen molar-refractivity contribution in [2.24, 2.45) is 35.5 Å². The minimum Gasteiger partial charge on any atom is -0.465 e. The van der Waals surface area contributed by atoms with Crippen LogP contribution in [0.5, 0.6) is 0 Å². The minimum atomic E-state index is -0.967. The first-order chi connectivity index (χ1) is 31.9. The number of aliphatic hydroxyl groups excluding tert-OH is 1. The third-order valence-corrected chi connectivity index (χ3v) is 15.6. The van der Waals surface area contributed by atoms with Gasteiger partial charge in [0.05, 0.1) is 26.4 Å². The zero-order chi connectivity index (χ0) is 46.0. The molecular weight excluding hydrogens is 819 g/mol. The van der Waals surface area contributed by atoms with Gasteiger partial charge < -0.3 is 29.0 Å². The Balaban J connectivity index is 1.25. The summed E-state index contributed by atoms with van der Waals surface area (Å²) in [6.07, 6.45) is 40.9. The number of nitrogens with zero attached hydrogens (tertiary/aromatic N) is 1. The number of aliphatic hydroxyl groups is 1. The van der Waals surface area contributed by atoms with Crippen LogP contribution in [0.15, 0.2) is 0 Å². The van der Waals surface area contributed by atoms with Crippen LogP contribution in [0.3, 0.4) is 0 Å². The lowest BCUT2D eigenvalue weighted by Gasteiger charge is -2.24. The molecule has 0 heterocycles. The molecule has 0 aromatic carbocycles. The quantitative estimate of drug-likeness (QED) is 0.0284. The smallest absolute Gasteiger partial charge is 0.320 e. The molecule has 4 fully saturated rings. The maximum atomic E-state index is 13.5. The van der Waals surface area contributed by atoms with Crippen LogP contribution >= 0.6 is 0 Å². The van der Waals surface area contributed by atoms with Crippen LogP contribution in [-0.4, -0.2) is 86.6 Å². The van der Waals surface area contributed by atoms with E-state index in [9.17, 15) is 24.3 Å². The lowest BCUT2D eigenvalue weighted by molar-refractivity contribution is -0.164. The molecule has 0 amide bonds. The van der Waals surface area contributed by atoms with Crippen molar-refractivity contribution < 1.29 is 43.2 Å². The lowest BCUT2D eigenvalue weighted by Crippen LogP contribution is -2.33. The number of ether oxygens (including phenoxy) is 4. The Labute approximate surface area is 396 Å². The number of rotatable bonds is 35. The first-order valence-corrected chi connectivity index (χ1v) is 27.9. The molecule has 0 bridgehead atoms. The molecule has 10 heteroatoms. The molecule has 0 radical (unpaired) electrons. The Kier molecular flexibility index (Phi) is 30.6. The zero-order valence-electron chi connectivity index (χ0n) is 41.4. The first-order valence-electron chi connectivity index (χ1n) is 27.9. The van der Waals surface area contributed by atoms with Gasteiger partial charge in [0.15, 0.2) is 11.8 Å². The maximum absolute atomic E-state index is 13.5. The zero-order valence-corrected chi connectivity index (χ0v) is 41.4. The molecule has 65 heavy (non-hydrogen) atoms. The van der Waals surface area contributed by atoms with Crippen LogP contribution in [0.2, 0.25) is 0 Å². The Morgan fingerprint density at radius 1 is 0.369 bits per heavy atom. The Morgan fingerprint density at radius 3 is 0.892 bits per heavy atom. The second-order valence-corrected chi connectivity index (χ2v) is 21.0. The standard InChI is InChI=1S/C55H97NO9/c57-41-23-40-56(38-21-36-50(52(58)62-42-17-13-32-46-24-5-1-6-25-46)53(59)63-43-18-14-33-47-26-7-2-8-27-47)39-22-37-51(54(60)64-44-19-15-34-48-28-9-3-10-29-48)55(61)65-45-20-16-35-49-30-11-4-12-31-49/h46-51,57H,1-45H2. The average molecular weight is 916 g/mol. The second-order valence-electron chi connectivity index (χ2n) is 21.0. The molecular formula is C55H97NO9. The van der Waals surface area contributed by atoms with Crippen molar-refractivity contribution in [2.75, 3.05) is 52.7 Å². The topological polar surface area (TPSA) is 129 Å². The minimum absolute atomic E-state index is 0.0437. The molecule has 0 atom stereocenters. The van der Waals surface area contributed by atoms with Crippen molar-refractivity contribution in [3.63, 3.8) is 0 Å². The molecule has 4 rings (SSSR count). The summed E-state index contributed by atoms with van der Waals surface area (Å²) < 4.78 is 23.0. The van der Waals surface area contributed by atoms with Gasteiger partial charge in [-0.1, -0.05) is 154 Å². The van der Waals surface area contributed by atoms with E-state index in [0.717, 1.165) is 75.0 Å². The monoisotopic (exact) mass is 916 g/mol. The van der Waals surface area contributed by atoms with E-state index in [-0.39, 0.29) is 6.61 Å². The lowest BCUT2D eigenvalue weighted by atomic mass is 9.86. The molecule has 0 aromatic heterocycles. The Morgan fingerprint density at radius 2 is 0.631 bits per heavy atom. The number of carbonyl (C=O) groups is 4. The van der Waals surface area contributed by atoms with Crippen LogP contribution in [0.4, 0.5) is 0 Å². The van der Waals surface area contributed by atoms with E-state index in [1.807, 2.05) is 0 Å². The molecule has 0 aromatic rings. The Hall–Kier alpha value is -2.20. The summed E-state index contributed by atoms with van der Waals surface area (Å²) in [4.78, 5) is 56.1. The number of carbonyl (C=O) groups excluding carboxylic acids is 4. The number of hydrogen-bond acceptors (Lipinski definition) is 10. The van der Waals surface area contributed by atoms with E-state index >= 15 is 0 Å². The Bertz CT molecular complexity index is 1070. The highest BCUT2D eigenvalue weighted by Gasteiger charge is 2.32. The van der Waals surface area contributed by atoms with Gasteiger partial charge in [0.1, 0.15) is 0 Å². The number of unbranched alkanes of at least 4 members (excludes halogenated alkanes) is 4. The summed E-state index contributed by atoms with van der Waals surface area (Å²) in [5.41, 5.74) is 0. The van der Waals surface area contributed by atoms with Crippen LogP contribution in [0.1, 0.15) is 238 Å². The third-order valence-electron chi connectivity index (χ3n) is 15.6. The largest absolute Gasteiger partial charge is 0.465 e. The molecule has 4 aliphatic rings. The van der Waals surface area contributed by atoms with E-state index in [1.165, 1.54) is 154 Å². The average Bonchev–Trinajstić information content (AvgIpc) is 3.33.